The van der Waals surface area contributed by atoms with E-state index in [2.05, 4.69) is 34.5 Å². The van der Waals surface area contributed by atoms with E-state index >= 15 is 0 Å². The van der Waals surface area contributed by atoms with Crippen LogP contribution in [0.25, 0.3) is 17.5 Å². The van der Waals surface area contributed by atoms with Gasteiger partial charge in [0, 0.05) is 5.75 Å². The second-order valence-electron chi connectivity index (χ2n) is 5.00. The Morgan fingerprint density at radius 3 is 2.62 bits per heavy atom. The fraction of sp³-hybridized carbons (Fsp3) is 0.111. The largest absolute Gasteiger partial charge is 0.496 e. The van der Waals surface area contributed by atoms with Crippen molar-refractivity contribution in [2.45, 2.75) is 5.16 Å². The number of hydrogen-bond acceptors (Lipinski definition) is 5. The number of ether oxygens (including phenoxy) is 1. The van der Waals surface area contributed by atoms with Crippen molar-refractivity contribution in [1.29, 1.82) is 0 Å². The van der Waals surface area contributed by atoms with Gasteiger partial charge in [0.05, 0.1) is 12.7 Å². The zero-order chi connectivity index (χ0) is 16.8. The molecule has 0 aliphatic carbocycles. The first-order valence-corrected chi connectivity index (χ1v) is 8.46. The second kappa shape index (κ2) is 7.70. The third-order valence-electron chi connectivity index (χ3n) is 3.43. The molecule has 0 aliphatic heterocycles. The number of thioether (sulfide) groups is 1. The monoisotopic (exact) mass is 338 g/mol. The maximum atomic E-state index is 6.14. The van der Waals surface area contributed by atoms with Gasteiger partial charge in [-0.3, -0.25) is 0 Å². The molecule has 6 heteroatoms. The van der Waals surface area contributed by atoms with E-state index in [0.717, 1.165) is 17.1 Å². The van der Waals surface area contributed by atoms with Gasteiger partial charge in [0.15, 0.2) is 5.82 Å². The summed E-state index contributed by atoms with van der Waals surface area (Å²) >= 11 is 1.53. The Hall–Kier alpha value is -2.73. The van der Waals surface area contributed by atoms with E-state index in [4.69, 9.17) is 10.6 Å². The van der Waals surface area contributed by atoms with Crippen molar-refractivity contribution in [3.8, 4) is 17.1 Å². The molecule has 0 unspecified atom stereocenters. The van der Waals surface area contributed by atoms with E-state index in [1.165, 1.54) is 22.0 Å². The molecule has 0 fully saturated rings. The average Bonchev–Trinajstić information content (AvgIpc) is 3.00. The number of nitrogens with two attached hydrogens (primary N) is 1. The first-order valence-electron chi connectivity index (χ1n) is 7.48. The fourth-order valence-electron chi connectivity index (χ4n) is 2.26. The van der Waals surface area contributed by atoms with Crippen LogP contribution in [0.1, 0.15) is 5.56 Å². The first-order chi connectivity index (χ1) is 11.8. The molecule has 1 heterocycles. The van der Waals surface area contributed by atoms with E-state index in [-0.39, 0.29) is 0 Å². The molecule has 0 bridgehead atoms. The predicted molar refractivity (Wildman–Crippen MR) is 98.4 cm³/mol. The van der Waals surface area contributed by atoms with Gasteiger partial charge in [0.1, 0.15) is 5.75 Å². The van der Waals surface area contributed by atoms with Crippen LogP contribution >= 0.6 is 11.8 Å². The number of aromatic nitrogens is 3. The average molecular weight is 338 g/mol. The molecule has 0 saturated heterocycles. The van der Waals surface area contributed by atoms with Crippen LogP contribution in [0.5, 0.6) is 5.75 Å². The summed E-state index contributed by atoms with van der Waals surface area (Å²) in [7, 11) is 1.63. The highest BCUT2D eigenvalue weighted by atomic mass is 32.2. The highest BCUT2D eigenvalue weighted by Gasteiger charge is 2.15. The van der Waals surface area contributed by atoms with Gasteiger partial charge >= 0.3 is 0 Å². The minimum atomic E-state index is 0.585. The van der Waals surface area contributed by atoms with Gasteiger partial charge in [0.2, 0.25) is 5.16 Å². The van der Waals surface area contributed by atoms with Crippen LogP contribution in [0, 0.1) is 0 Å². The van der Waals surface area contributed by atoms with Crippen molar-refractivity contribution in [2.75, 3.05) is 18.7 Å². The van der Waals surface area contributed by atoms with Crippen molar-refractivity contribution in [3.63, 3.8) is 0 Å². The third-order valence-corrected chi connectivity index (χ3v) is 4.33. The van der Waals surface area contributed by atoms with E-state index in [1.54, 1.807) is 7.11 Å². The Labute approximate surface area is 145 Å². The van der Waals surface area contributed by atoms with Crippen molar-refractivity contribution < 1.29 is 4.74 Å². The maximum Gasteiger partial charge on any atom is 0.210 e. The smallest absolute Gasteiger partial charge is 0.210 e. The van der Waals surface area contributed by atoms with Gasteiger partial charge in [0.25, 0.3) is 0 Å². The summed E-state index contributed by atoms with van der Waals surface area (Å²) in [5.74, 6) is 8.21. The molecular formula is C18H18N4OS. The van der Waals surface area contributed by atoms with Gasteiger partial charge < -0.3 is 10.6 Å². The van der Waals surface area contributed by atoms with E-state index < -0.39 is 0 Å². The Kier molecular flexibility index (Phi) is 5.18. The highest BCUT2D eigenvalue weighted by Crippen LogP contribution is 2.29. The number of nitrogen functional groups attached to an aromatic ring is 1. The lowest BCUT2D eigenvalue weighted by atomic mass is 10.2. The molecule has 0 saturated carbocycles. The van der Waals surface area contributed by atoms with E-state index in [0.29, 0.717) is 11.0 Å². The molecule has 0 aliphatic rings. The molecule has 0 spiro atoms. The Balaban J connectivity index is 1.70. The lowest BCUT2D eigenvalue weighted by Gasteiger charge is -2.07. The minimum Gasteiger partial charge on any atom is -0.496 e. The Morgan fingerprint density at radius 2 is 1.83 bits per heavy atom. The lowest BCUT2D eigenvalue weighted by Crippen LogP contribution is -2.11. The zero-order valence-corrected chi connectivity index (χ0v) is 14.1. The maximum absolute atomic E-state index is 6.14. The molecule has 5 nitrogen and oxygen atoms in total. The van der Waals surface area contributed by atoms with E-state index in [1.807, 2.05) is 42.5 Å². The van der Waals surface area contributed by atoms with Crippen LogP contribution in [-0.2, 0) is 0 Å². The SMILES string of the molecule is COc1ccccc1-c1nnc(SC/C=C/c2ccccc2)n1N. The number of methoxy groups -OCH3 is 1. The van der Waals surface area contributed by atoms with Gasteiger partial charge in [-0.15, -0.1) is 10.2 Å². The lowest BCUT2D eigenvalue weighted by molar-refractivity contribution is 0.416. The van der Waals surface area contributed by atoms with Gasteiger partial charge in [-0.1, -0.05) is 66.4 Å². The Bertz CT molecular complexity index is 830. The molecule has 122 valence electrons. The summed E-state index contributed by atoms with van der Waals surface area (Å²) in [5.41, 5.74) is 1.99. The molecule has 24 heavy (non-hydrogen) atoms. The van der Waals surface area contributed by atoms with Crippen LogP contribution in [0.2, 0.25) is 0 Å². The number of hydrogen-bond donors (Lipinski definition) is 1. The van der Waals surface area contributed by atoms with Crippen LogP contribution in [0.3, 0.4) is 0 Å². The Morgan fingerprint density at radius 1 is 1.08 bits per heavy atom. The fourth-order valence-corrected chi connectivity index (χ4v) is 2.93. The second-order valence-corrected chi connectivity index (χ2v) is 5.99. The van der Waals surface area contributed by atoms with Crippen LogP contribution < -0.4 is 10.6 Å². The van der Waals surface area contributed by atoms with Crippen molar-refractivity contribution in [1.82, 2.24) is 14.9 Å². The number of nitrogens with zero attached hydrogens (tertiary/aromatic N) is 3. The normalized spacial score (nSPS) is 11.0. The number of rotatable bonds is 6. The molecule has 0 amide bonds. The number of benzene rings is 2. The van der Waals surface area contributed by atoms with Crippen molar-refractivity contribution in [3.05, 3.63) is 66.2 Å². The summed E-state index contributed by atoms with van der Waals surface area (Å²) < 4.78 is 6.86. The van der Waals surface area contributed by atoms with Crippen molar-refractivity contribution >= 4 is 17.8 Å². The highest BCUT2D eigenvalue weighted by molar-refractivity contribution is 7.99. The molecule has 3 aromatic rings. The van der Waals surface area contributed by atoms with Gasteiger partial charge in [-0.25, -0.2) is 4.68 Å². The van der Waals surface area contributed by atoms with Gasteiger partial charge in [-0.2, -0.15) is 0 Å². The number of para-hydroxylation sites is 1. The minimum absolute atomic E-state index is 0.585. The van der Waals surface area contributed by atoms with Crippen LogP contribution in [0.15, 0.2) is 65.8 Å². The molecule has 0 atom stereocenters. The molecule has 2 N–H and O–H groups in total. The summed E-state index contributed by atoms with van der Waals surface area (Å²) in [6, 6.07) is 17.8. The molecule has 0 radical (unpaired) electrons. The van der Waals surface area contributed by atoms with Gasteiger partial charge in [-0.05, 0) is 17.7 Å². The summed E-state index contributed by atoms with van der Waals surface area (Å²) in [6.07, 6.45) is 4.16. The zero-order valence-electron chi connectivity index (χ0n) is 13.3. The molecule has 2 aromatic carbocycles. The standard InChI is InChI=1S/C18H18N4OS/c1-23-16-12-6-5-11-15(16)17-20-21-18(22(17)19)24-13-7-10-14-8-3-2-4-9-14/h2-12H,13,19H2,1H3/b10-7+. The quantitative estimate of drug-likeness (QED) is 0.551. The summed E-state index contributed by atoms with van der Waals surface area (Å²) in [4.78, 5) is 0. The third kappa shape index (κ3) is 3.60. The van der Waals surface area contributed by atoms with Crippen LogP contribution in [0.4, 0.5) is 0 Å². The summed E-state index contributed by atoms with van der Waals surface area (Å²) in [5, 5.41) is 9.03. The van der Waals surface area contributed by atoms with Crippen LogP contribution in [-0.4, -0.2) is 27.7 Å². The molecule has 1 aromatic heterocycles. The van der Waals surface area contributed by atoms with E-state index in [9.17, 15) is 0 Å². The topological polar surface area (TPSA) is 66.0 Å². The molecule has 3 rings (SSSR count). The predicted octanol–water partition coefficient (Wildman–Crippen LogP) is 3.47. The van der Waals surface area contributed by atoms with Crippen molar-refractivity contribution in [2.24, 2.45) is 0 Å². The first kappa shape index (κ1) is 16.1. The molecular weight excluding hydrogens is 320 g/mol. The summed E-state index contributed by atoms with van der Waals surface area (Å²) in [6.45, 7) is 0.